The van der Waals surface area contributed by atoms with Gasteiger partial charge in [-0.2, -0.15) is 0 Å². The Morgan fingerprint density at radius 1 is 1.17 bits per heavy atom. The monoisotopic (exact) mass is 523 g/mol. The molecule has 1 atom stereocenters. The van der Waals surface area contributed by atoms with Crippen LogP contribution in [0.2, 0.25) is 0 Å². The minimum absolute atomic E-state index is 0. The van der Waals surface area contributed by atoms with Gasteiger partial charge < -0.3 is 15.2 Å². The van der Waals surface area contributed by atoms with Crippen molar-refractivity contribution >= 4 is 41.3 Å². The third-order valence-corrected chi connectivity index (χ3v) is 5.72. The summed E-state index contributed by atoms with van der Waals surface area (Å²) in [6, 6.07) is 14.8. The molecule has 0 aliphatic carbocycles. The van der Waals surface area contributed by atoms with Gasteiger partial charge in [0, 0.05) is 42.8 Å². The van der Waals surface area contributed by atoms with E-state index in [-0.39, 0.29) is 24.0 Å². The maximum absolute atomic E-state index is 4.74. The fourth-order valence-corrected chi connectivity index (χ4v) is 3.79. The van der Waals surface area contributed by atoms with E-state index in [4.69, 9.17) is 4.99 Å². The van der Waals surface area contributed by atoms with Crippen LogP contribution in [0.3, 0.4) is 0 Å². The molecule has 0 fully saturated rings. The number of thiophene rings is 1. The van der Waals surface area contributed by atoms with Gasteiger partial charge in [-0.1, -0.05) is 43.3 Å². The van der Waals surface area contributed by atoms with Crippen LogP contribution in [0.5, 0.6) is 0 Å². The Kier molecular flexibility index (Phi) is 10.2. The number of aryl methyl sites for hydroxylation is 2. The van der Waals surface area contributed by atoms with E-state index in [0.717, 1.165) is 37.8 Å². The fourth-order valence-electron chi connectivity index (χ4n) is 3.00. The van der Waals surface area contributed by atoms with Crippen molar-refractivity contribution < 1.29 is 0 Å². The molecular formula is C22H30IN5S. The molecule has 2 aromatic heterocycles. The largest absolute Gasteiger partial charge is 0.357 e. The van der Waals surface area contributed by atoms with E-state index in [1.165, 1.54) is 10.4 Å². The molecule has 29 heavy (non-hydrogen) atoms. The number of nitrogens with one attached hydrogen (secondary N) is 2. The van der Waals surface area contributed by atoms with Gasteiger partial charge in [0.05, 0.1) is 0 Å². The second kappa shape index (κ2) is 12.6. The number of guanidine groups is 1. The molecule has 1 unspecified atom stereocenters. The number of benzene rings is 1. The van der Waals surface area contributed by atoms with E-state index < -0.39 is 0 Å². The van der Waals surface area contributed by atoms with Gasteiger partial charge in [0.2, 0.25) is 0 Å². The van der Waals surface area contributed by atoms with Crippen LogP contribution in [0.4, 0.5) is 0 Å². The Labute approximate surface area is 194 Å². The Balaban J connectivity index is 0.00000300. The first-order valence-electron chi connectivity index (χ1n) is 9.85. The molecule has 0 aliphatic rings. The summed E-state index contributed by atoms with van der Waals surface area (Å²) < 4.78 is 2.19. The van der Waals surface area contributed by atoms with Crippen molar-refractivity contribution in [3.63, 3.8) is 0 Å². The lowest BCUT2D eigenvalue weighted by molar-refractivity contribution is 0.648. The lowest BCUT2D eigenvalue weighted by Crippen LogP contribution is -2.39. The summed E-state index contributed by atoms with van der Waals surface area (Å²) in [7, 11) is 0. The highest BCUT2D eigenvalue weighted by Gasteiger charge is 2.08. The van der Waals surface area contributed by atoms with Gasteiger partial charge in [-0.25, -0.2) is 9.98 Å². The Bertz CT molecular complexity index is 845. The Morgan fingerprint density at radius 3 is 2.72 bits per heavy atom. The van der Waals surface area contributed by atoms with E-state index in [0.29, 0.717) is 12.5 Å². The van der Waals surface area contributed by atoms with Crippen LogP contribution in [0.1, 0.15) is 36.0 Å². The summed E-state index contributed by atoms with van der Waals surface area (Å²) in [6.45, 7) is 7.48. The predicted octanol–water partition coefficient (Wildman–Crippen LogP) is 4.66. The fraction of sp³-hybridized carbons (Fsp3) is 0.364. The van der Waals surface area contributed by atoms with Crippen molar-refractivity contribution in [1.82, 2.24) is 20.2 Å². The molecule has 3 rings (SSSR count). The van der Waals surface area contributed by atoms with Gasteiger partial charge >= 0.3 is 0 Å². The van der Waals surface area contributed by atoms with E-state index >= 15 is 0 Å². The zero-order chi connectivity index (χ0) is 19.6. The van der Waals surface area contributed by atoms with Crippen molar-refractivity contribution in [3.8, 4) is 0 Å². The highest BCUT2D eigenvalue weighted by Crippen LogP contribution is 2.19. The molecule has 3 aromatic rings. The zero-order valence-electron chi connectivity index (χ0n) is 17.0. The average Bonchev–Trinajstić information content (AvgIpc) is 3.41. The maximum Gasteiger partial charge on any atom is 0.191 e. The number of nitrogens with zero attached hydrogens (tertiary/aromatic N) is 3. The lowest BCUT2D eigenvalue weighted by atomic mass is 10.1. The lowest BCUT2D eigenvalue weighted by Gasteiger charge is -2.15. The zero-order valence-corrected chi connectivity index (χ0v) is 20.2. The molecule has 7 heteroatoms. The molecule has 2 N–H and O–H groups in total. The van der Waals surface area contributed by atoms with Crippen LogP contribution in [0, 0.1) is 0 Å². The second-order valence-electron chi connectivity index (χ2n) is 6.76. The van der Waals surface area contributed by atoms with E-state index in [1.807, 2.05) is 12.4 Å². The van der Waals surface area contributed by atoms with Crippen LogP contribution >= 0.6 is 35.3 Å². The van der Waals surface area contributed by atoms with Crippen LogP contribution in [-0.4, -0.2) is 28.6 Å². The second-order valence-corrected chi connectivity index (χ2v) is 7.74. The number of aromatic nitrogens is 2. The molecule has 2 heterocycles. The molecule has 0 saturated carbocycles. The number of hydrogen-bond donors (Lipinski definition) is 2. The van der Waals surface area contributed by atoms with E-state index in [1.54, 1.807) is 11.3 Å². The molecule has 0 amide bonds. The molecule has 0 saturated heterocycles. The molecule has 0 spiro atoms. The molecule has 0 aliphatic heterocycles. The predicted molar refractivity (Wildman–Crippen MR) is 133 cm³/mol. The van der Waals surface area contributed by atoms with Gasteiger partial charge in [0.1, 0.15) is 12.4 Å². The number of halogens is 1. The molecule has 156 valence electrons. The van der Waals surface area contributed by atoms with Gasteiger partial charge in [0.25, 0.3) is 0 Å². The van der Waals surface area contributed by atoms with Gasteiger partial charge in [-0.05, 0) is 30.4 Å². The summed E-state index contributed by atoms with van der Waals surface area (Å²) >= 11 is 1.80. The molecule has 1 aromatic carbocycles. The first-order valence-corrected chi connectivity index (χ1v) is 10.7. The van der Waals surface area contributed by atoms with Crippen LogP contribution in [0.25, 0.3) is 0 Å². The summed E-state index contributed by atoms with van der Waals surface area (Å²) in [4.78, 5) is 10.6. The van der Waals surface area contributed by atoms with Crippen LogP contribution in [-0.2, 0) is 19.5 Å². The van der Waals surface area contributed by atoms with Gasteiger partial charge in [-0.15, -0.1) is 35.3 Å². The quantitative estimate of drug-likeness (QED) is 0.244. The first-order chi connectivity index (χ1) is 13.8. The minimum atomic E-state index is 0. The summed E-state index contributed by atoms with van der Waals surface area (Å²) in [6.07, 6.45) is 4.88. The van der Waals surface area contributed by atoms with E-state index in [2.05, 4.69) is 81.9 Å². The molecule has 0 bridgehead atoms. The number of aliphatic imine (C=N–C) groups is 1. The number of hydrogen-bond acceptors (Lipinski definition) is 3. The number of imidazole rings is 1. The van der Waals surface area contributed by atoms with Crippen LogP contribution < -0.4 is 10.6 Å². The van der Waals surface area contributed by atoms with Crippen molar-refractivity contribution in [2.75, 3.05) is 13.1 Å². The van der Waals surface area contributed by atoms with Crippen LogP contribution in [0.15, 0.2) is 65.2 Å². The first kappa shape index (κ1) is 23.4. The highest BCUT2D eigenvalue weighted by molar-refractivity contribution is 14.0. The molecule has 0 radical (unpaired) electrons. The Hall–Kier alpha value is -1.87. The van der Waals surface area contributed by atoms with Crippen molar-refractivity contribution in [2.45, 2.75) is 39.3 Å². The van der Waals surface area contributed by atoms with Crippen molar-refractivity contribution in [1.29, 1.82) is 0 Å². The maximum atomic E-state index is 4.74. The third kappa shape index (κ3) is 7.47. The van der Waals surface area contributed by atoms with Crippen molar-refractivity contribution in [3.05, 3.63) is 76.5 Å². The SMILES string of the molecule is CCNC(=NCc1nccn1CCc1ccccc1)NCC(C)c1cccs1.I. The molecule has 5 nitrogen and oxygen atoms in total. The van der Waals surface area contributed by atoms with Gasteiger partial charge in [0.15, 0.2) is 5.96 Å². The highest BCUT2D eigenvalue weighted by atomic mass is 127. The average molecular weight is 523 g/mol. The summed E-state index contributed by atoms with van der Waals surface area (Å²) in [5.41, 5.74) is 1.34. The summed E-state index contributed by atoms with van der Waals surface area (Å²) in [5.74, 6) is 2.28. The Morgan fingerprint density at radius 2 is 2.00 bits per heavy atom. The third-order valence-electron chi connectivity index (χ3n) is 4.61. The minimum Gasteiger partial charge on any atom is -0.357 e. The smallest absolute Gasteiger partial charge is 0.191 e. The topological polar surface area (TPSA) is 54.2 Å². The summed E-state index contributed by atoms with van der Waals surface area (Å²) in [5, 5.41) is 8.91. The van der Waals surface area contributed by atoms with Gasteiger partial charge in [-0.3, -0.25) is 0 Å². The standard InChI is InChI=1S/C22H29N5S.HI/c1-3-23-22(25-16-18(2)20-10-7-15-28-20)26-17-21-24-12-14-27(21)13-11-19-8-5-4-6-9-19;/h4-10,12,14-15,18H,3,11,13,16-17H2,1-2H3,(H2,23,25,26);1H. The molecular weight excluding hydrogens is 493 g/mol. The van der Waals surface area contributed by atoms with Crippen molar-refractivity contribution in [2.24, 2.45) is 4.99 Å². The number of rotatable bonds is 9. The normalized spacial score (nSPS) is 12.3. The van der Waals surface area contributed by atoms with E-state index in [9.17, 15) is 0 Å².